The van der Waals surface area contributed by atoms with Crippen molar-refractivity contribution in [2.24, 2.45) is 0 Å². The number of rotatable bonds is 3. The second kappa shape index (κ2) is 5.27. The van der Waals surface area contributed by atoms with E-state index in [1.807, 2.05) is 39.0 Å². The summed E-state index contributed by atoms with van der Waals surface area (Å²) in [5.74, 6) is 1.12. The third-order valence-electron chi connectivity index (χ3n) is 2.46. The number of aromatic nitrogens is 2. The van der Waals surface area contributed by atoms with Gasteiger partial charge in [-0.05, 0) is 32.4 Å². The van der Waals surface area contributed by atoms with Crippen molar-refractivity contribution in [3.05, 3.63) is 39.5 Å². The zero-order chi connectivity index (χ0) is 13.1. The van der Waals surface area contributed by atoms with Gasteiger partial charge in [-0.3, -0.25) is 4.79 Å². The van der Waals surface area contributed by atoms with Crippen molar-refractivity contribution in [2.45, 2.75) is 27.2 Å². The van der Waals surface area contributed by atoms with Crippen molar-refractivity contribution in [1.82, 2.24) is 9.97 Å². The summed E-state index contributed by atoms with van der Waals surface area (Å²) in [5, 5.41) is 2.81. The Morgan fingerprint density at radius 3 is 2.72 bits per heavy atom. The van der Waals surface area contributed by atoms with Gasteiger partial charge in [0.1, 0.15) is 11.6 Å². The molecular weight excluding hydrogens is 246 g/mol. The largest absolute Gasteiger partial charge is 0.306 e. The lowest BCUT2D eigenvalue weighted by atomic mass is 10.3. The molecule has 0 saturated carbocycles. The summed E-state index contributed by atoms with van der Waals surface area (Å²) in [6, 6.07) is 5.57. The van der Waals surface area contributed by atoms with Crippen LogP contribution in [0.1, 0.15) is 33.0 Å². The Bertz CT molecular complexity index is 577. The Balaban J connectivity index is 2.18. The quantitative estimate of drug-likeness (QED) is 0.924. The molecule has 2 heterocycles. The average molecular weight is 261 g/mol. The van der Waals surface area contributed by atoms with Crippen LogP contribution in [0, 0.1) is 13.8 Å². The van der Waals surface area contributed by atoms with Crippen molar-refractivity contribution >= 4 is 23.1 Å². The molecule has 2 aromatic rings. The third kappa shape index (κ3) is 2.92. The molecule has 4 nitrogen and oxygen atoms in total. The van der Waals surface area contributed by atoms with Gasteiger partial charge in [-0.1, -0.05) is 6.92 Å². The summed E-state index contributed by atoms with van der Waals surface area (Å²) in [6.45, 7) is 5.82. The number of hydrogen-bond acceptors (Lipinski definition) is 4. The van der Waals surface area contributed by atoms with Crippen LogP contribution in [0.2, 0.25) is 0 Å². The highest BCUT2D eigenvalue weighted by Crippen LogP contribution is 2.17. The Morgan fingerprint density at radius 2 is 2.11 bits per heavy atom. The summed E-state index contributed by atoms with van der Waals surface area (Å²) in [6.07, 6.45) is 0.824. The third-order valence-corrected chi connectivity index (χ3v) is 3.46. The van der Waals surface area contributed by atoms with Crippen molar-refractivity contribution in [3.8, 4) is 0 Å². The topological polar surface area (TPSA) is 54.9 Å². The summed E-state index contributed by atoms with van der Waals surface area (Å²) in [7, 11) is 0. The molecule has 18 heavy (non-hydrogen) atoms. The summed E-state index contributed by atoms with van der Waals surface area (Å²) in [4.78, 5) is 22.3. The molecular formula is C13H15N3OS. The molecule has 1 amide bonds. The Labute approximate surface area is 110 Å². The van der Waals surface area contributed by atoms with E-state index in [2.05, 4.69) is 15.3 Å². The molecule has 2 aromatic heterocycles. The fourth-order valence-corrected chi connectivity index (χ4v) is 2.37. The summed E-state index contributed by atoms with van der Waals surface area (Å²) in [5.41, 5.74) is 0.931. The van der Waals surface area contributed by atoms with Crippen LogP contribution in [0.25, 0.3) is 0 Å². The van der Waals surface area contributed by atoms with Crippen LogP contribution in [-0.4, -0.2) is 15.9 Å². The van der Waals surface area contributed by atoms with Gasteiger partial charge in [0.2, 0.25) is 0 Å². The number of hydrogen-bond donors (Lipinski definition) is 1. The lowest BCUT2D eigenvalue weighted by Gasteiger charge is -2.05. The molecule has 0 bridgehead atoms. The highest BCUT2D eigenvalue weighted by atomic mass is 32.1. The van der Waals surface area contributed by atoms with Gasteiger partial charge in [-0.2, -0.15) is 0 Å². The van der Waals surface area contributed by atoms with Gasteiger partial charge >= 0.3 is 0 Å². The van der Waals surface area contributed by atoms with E-state index in [1.165, 1.54) is 11.3 Å². The molecule has 0 aliphatic carbocycles. The summed E-state index contributed by atoms with van der Waals surface area (Å²) >= 11 is 1.47. The van der Waals surface area contributed by atoms with E-state index >= 15 is 0 Å². The predicted molar refractivity (Wildman–Crippen MR) is 73.2 cm³/mol. The first-order chi connectivity index (χ1) is 8.58. The molecule has 94 valence electrons. The lowest BCUT2D eigenvalue weighted by molar-refractivity contribution is 0.103. The van der Waals surface area contributed by atoms with Gasteiger partial charge in [0.15, 0.2) is 0 Å². The van der Waals surface area contributed by atoms with Gasteiger partial charge in [-0.25, -0.2) is 9.97 Å². The highest BCUT2D eigenvalue weighted by Gasteiger charge is 2.10. The van der Waals surface area contributed by atoms with Crippen LogP contribution >= 0.6 is 11.3 Å². The lowest BCUT2D eigenvalue weighted by Crippen LogP contribution is -2.12. The van der Waals surface area contributed by atoms with Crippen LogP contribution in [0.3, 0.4) is 0 Å². The molecule has 1 N–H and O–H groups in total. The molecule has 0 spiro atoms. The van der Waals surface area contributed by atoms with Crippen molar-refractivity contribution in [2.75, 3.05) is 5.32 Å². The summed E-state index contributed by atoms with van der Waals surface area (Å²) < 4.78 is 0. The van der Waals surface area contributed by atoms with Crippen molar-refractivity contribution < 1.29 is 4.79 Å². The standard InChI is InChI=1S/C13H15N3OS/c1-4-10-7-12(15-9(3)14-10)16-13(17)11-6-5-8(2)18-11/h5-7H,4H2,1-3H3,(H,14,15,16,17). The molecule has 2 rings (SSSR count). The Kier molecular flexibility index (Phi) is 3.72. The molecule has 0 aliphatic rings. The molecule has 0 atom stereocenters. The first-order valence-electron chi connectivity index (χ1n) is 5.81. The zero-order valence-corrected chi connectivity index (χ0v) is 11.5. The van der Waals surface area contributed by atoms with Gasteiger partial charge in [0.05, 0.1) is 4.88 Å². The van der Waals surface area contributed by atoms with E-state index in [-0.39, 0.29) is 5.91 Å². The predicted octanol–water partition coefficient (Wildman–Crippen LogP) is 2.97. The van der Waals surface area contributed by atoms with E-state index in [0.717, 1.165) is 17.0 Å². The van der Waals surface area contributed by atoms with Gasteiger partial charge in [-0.15, -0.1) is 11.3 Å². The maximum atomic E-state index is 12.0. The smallest absolute Gasteiger partial charge is 0.266 e. The van der Waals surface area contributed by atoms with Crippen LogP contribution < -0.4 is 5.32 Å². The van der Waals surface area contributed by atoms with E-state index < -0.39 is 0 Å². The first-order valence-corrected chi connectivity index (χ1v) is 6.62. The van der Waals surface area contributed by atoms with E-state index in [4.69, 9.17) is 0 Å². The normalized spacial score (nSPS) is 10.4. The molecule has 0 aliphatic heterocycles. The Hall–Kier alpha value is -1.75. The molecule has 0 unspecified atom stereocenters. The highest BCUT2D eigenvalue weighted by molar-refractivity contribution is 7.14. The maximum absolute atomic E-state index is 12.0. The van der Waals surface area contributed by atoms with Crippen molar-refractivity contribution in [3.63, 3.8) is 0 Å². The molecule has 0 saturated heterocycles. The Morgan fingerprint density at radius 1 is 1.33 bits per heavy atom. The number of nitrogens with one attached hydrogen (secondary N) is 1. The van der Waals surface area contributed by atoms with E-state index in [9.17, 15) is 4.79 Å². The van der Waals surface area contributed by atoms with E-state index in [1.54, 1.807) is 0 Å². The molecule has 0 fully saturated rings. The van der Waals surface area contributed by atoms with E-state index in [0.29, 0.717) is 16.5 Å². The number of amides is 1. The second-order valence-corrected chi connectivity index (χ2v) is 5.30. The number of carbonyl (C=O) groups is 1. The minimum absolute atomic E-state index is 0.117. The number of nitrogens with zero attached hydrogens (tertiary/aromatic N) is 2. The molecule has 5 heteroatoms. The van der Waals surface area contributed by atoms with Gasteiger partial charge in [0, 0.05) is 16.6 Å². The SMILES string of the molecule is CCc1cc(NC(=O)c2ccc(C)s2)nc(C)n1. The zero-order valence-electron chi connectivity index (χ0n) is 10.7. The van der Waals surface area contributed by atoms with Crippen LogP contribution in [0.5, 0.6) is 0 Å². The van der Waals surface area contributed by atoms with Crippen LogP contribution in [0.4, 0.5) is 5.82 Å². The molecule has 0 aromatic carbocycles. The van der Waals surface area contributed by atoms with Gasteiger partial charge in [0.25, 0.3) is 5.91 Å². The first kappa shape index (κ1) is 12.7. The average Bonchev–Trinajstić information content (AvgIpc) is 2.75. The monoisotopic (exact) mass is 261 g/mol. The number of anilines is 1. The fraction of sp³-hybridized carbons (Fsp3) is 0.308. The van der Waals surface area contributed by atoms with Gasteiger partial charge < -0.3 is 5.32 Å². The number of aryl methyl sites for hydroxylation is 3. The fourth-order valence-electron chi connectivity index (χ4n) is 1.61. The minimum atomic E-state index is -0.117. The number of carbonyl (C=O) groups excluding carboxylic acids is 1. The molecule has 0 radical (unpaired) electrons. The second-order valence-electron chi connectivity index (χ2n) is 4.01. The van der Waals surface area contributed by atoms with Crippen LogP contribution in [0.15, 0.2) is 18.2 Å². The maximum Gasteiger partial charge on any atom is 0.266 e. The van der Waals surface area contributed by atoms with Crippen molar-refractivity contribution in [1.29, 1.82) is 0 Å². The number of thiophene rings is 1. The minimum Gasteiger partial charge on any atom is -0.306 e. The van der Waals surface area contributed by atoms with Crippen LogP contribution in [-0.2, 0) is 6.42 Å².